The summed E-state index contributed by atoms with van der Waals surface area (Å²) in [6.07, 6.45) is 0. The van der Waals surface area contributed by atoms with Gasteiger partial charge in [0.2, 0.25) is 0 Å². The van der Waals surface area contributed by atoms with Crippen LogP contribution in [0.5, 0.6) is 0 Å². The molecular formula is C96H113BN2. The minimum absolute atomic E-state index is 0.108. The van der Waals surface area contributed by atoms with E-state index in [0.717, 1.165) is 5.69 Å². The third-order valence-corrected chi connectivity index (χ3v) is 21.4. The number of benzene rings is 10. The van der Waals surface area contributed by atoms with Crippen LogP contribution in [0, 0.1) is 0 Å². The molecule has 510 valence electrons. The molecule has 0 aliphatic carbocycles. The standard InChI is InChI=1S/C96H113BN2/c1-88(2,3)67-39-42-81(76(56-67)65-46-71(92(13,14)15)54-72(47-65)93(16,17)18)98-83-50-62(60-34-30-28-31-35-60)38-41-79(83)97-80-58-75(61-36-32-29-33-37-61)78(96(25,26)27)59-84(80)99(86-52-64(51-85(98)87(86)97)63-44-69(90(7,8)9)53-70(45-63)91(10,11)12)82-43-40-68(89(4,5)6)57-77(82)66-48-73(94(19,20)21)55-74(49-66)95(22,23)24/h28-59H,1-27H3. The van der Waals surface area contributed by atoms with Crippen LogP contribution < -0.4 is 26.2 Å². The van der Waals surface area contributed by atoms with Crippen molar-refractivity contribution in [1.29, 1.82) is 0 Å². The van der Waals surface area contributed by atoms with E-state index in [2.05, 4.69) is 391 Å². The molecule has 0 atom stereocenters. The molecule has 0 amide bonds. The molecule has 0 fully saturated rings. The fourth-order valence-electron chi connectivity index (χ4n) is 14.8. The Labute approximate surface area is 598 Å². The highest BCUT2D eigenvalue weighted by Crippen LogP contribution is 2.54. The quantitative estimate of drug-likeness (QED) is 0.147. The molecule has 0 unspecified atom stereocenters. The van der Waals surface area contributed by atoms with Crippen molar-refractivity contribution in [2.75, 3.05) is 9.80 Å². The van der Waals surface area contributed by atoms with Crippen LogP contribution >= 0.6 is 0 Å². The number of rotatable bonds is 7. The van der Waals surface area contributed by atoms with E-state index in [-0.39, 0.29) is 55.4 Å². The lowest BCUT2D eigenvalue weighted by molar-refractivity contribution is 0.568. The summed E-state index contributed by atoms with van der Waals surface area (Å²) >= 11 is 0. The molecule has 0 aromatic heterocycles. The Morgan fingerprint density at radius 1 is 0.202 bits per heavy atom. The summed E-state index contributed by atoms with van der Waals surface area (Å²) in [5, 5.41) is 0. The van der Waals surface area contributed by atoms with Gasteiger partial charge in [-0.2, -0.15) is 0 Å². The van der Waals surface area contributed by atoms with Gasteiger partial charge < -0.3 is 9.80 Å². The lowest BCUT2D eigenvalue weighted by atomic mass is 9.33. The normalized spacial score (nSPS) is 13.9. The van der Waals surface area contributed by atoms with E-state index in [1.165, 1.54) is 151 Å². The Kier molecular flexibility index (Phi) is 17.4. The van der Waals surface area contributed by atoms with Gasteiger partial charge in [0.1, 0.15) is 0 Å². The second kappa shape index (κ2) is 24.3. The molecule has 0 saturated heterocycles. The number of hydrogen-bond acceptors (Lipinski definition) is 2. The fourth-order valence-corrected chi connectivity index (χ4v) is 14.8. The Balaban J connectivity index is 1.34. The highest BCUT2D eigenvalue weighted by molar-refractivity contribution is 7.00. The Hall–Kier alpha value is -8.14. The van der Waals surface area contributed by atoms with E-state index in [0.29, 0.717) is 0 Å². The SMILES string of the molecule is CC(C)(C)c1cc(-c2cc3c4c(c2)N(c2ccc(C(C)(C)C)cc2-c2cc(C(C)(C)C)cc(C(C)(C)C)c2)c2cc(C(C)(C)C)c(-c5ccccc5)cc2B4c2ccc(-c4ccccc4)cc2N3c2ccc(C(C)(C)C)cc2-c2cc(C(C)(C)C)cc(C(C)(C)C)c2)cc(C(C)(C)C)c1. The van der Waals surface area contributed by atoms with Gasteiger partial charge in [-0.3, -0.25) is 0 Å². The van der Waals surface area contributed by atoms with E-state index in [1.54, 1.807) is 0 Å². The molecule has 2 aliphatic rings. The van der Waals surface area contributed by atoms with Crippen LogP contribution in [0.25, 0.3) is 55.6 Å². The molecule has 0 N–H and O–H groups in total. The molecule has 0 spiro atoms. The predicted octanol–water partition coefficient (Wildman–Crippen LogP) is 25.8. The van der Waals surface area contributed by atoms with Gasteiger partial charge in [-0.1, -0.05) is 333 Å². The third kappa shape index (κ3) is 13.7. The van der Waals surface area contributed by atoms with E-state index < -0.39 is 0 Å². The zero-order valence-electron chi connectivity index (χ0n) is 65.4. The van der Waals surface area contributed by atoms with Crippen molar-refractivity contribution in [2.45, 2.75) is 236 Å². The summed E-state index contributed by atoms with van der Waals surface area (Å²) in [5.41, 5.74) is 33.9. The first-order chi connectivity index (χ1) is 45.7. The van der Waals surface area contributed by atoms with Gasteiger partial charge in [0, 0.05) is 33.9 Å². The van der Waals surface area contributed by atoms with Crippen LogP contribution in [-0.2, 0) is 48.7 Å². The van der Waals surface area contributed by atoms with Crippen molar-refractivity contribution in [3.8, 4) is 55.6 Å². The summed E-state index contributed by atoms with van der Waals surface area (Å²) in [6, 6.07) is 77.8. The Morgan fingerprint density at radius 3 is 0.899 bits per heavy atom. The van der Waals surface area contributed by atoms with Crippen LogP contribution in [0.1, 0.15) is 237 Å². The Bertz CT molecular complexity index is 4660. The number of anilines is 6. The predicted molar refractivity (Wildman–Crippen MR) is 436 cm³/mol. The maximum Gasteiger partial charge on any atom is 0.252 e. The zero-order valence-corrected chi connectivity index (χ0v) is 65.4. The molecule has 0 radical (unpaired) electrons. The first-order valence-electron chi connectivity index (χ1n) is 36.7. The monoisotopic (exact) mass is 1300 g/mol. The molecule has 0 saturated carbocycles. The molecule has 3 heteroatoms. The first-order valence-corrected chi connectivity index (χ1v) is 36.7. The van der Waals surface area contributed by atoms with Gasteiger partial charge >= 0.3 is 0 Å². The van der Waals surface area contributed by atoms with Gasteiger partial charge in [0.05, 0.1) is 11.4 Å². The molecule has 2 heterocycles. The highest BCUT2D eigenvalue weighted by Gasteiger charge is 2.46. The van der Waals surface area contributed by atoms with Gasteiger partial charge in [-0.15, -0.1) is 0 Å². The smallest absolute Gasteiger partial charge is 0.252 e. The molecule has 10 aromatic rings. The van der Waals surface area contributed by atoms with Crippen LogP contribution in [0.15, 0.2) is 194 Å². The average Bonchev–Trinajstić information content (AvgIpc) is 0.688. The van der Waals surface area contributed by atoms with Crippen molar-refractivity contribution in [1.82, 2.24) is 0 Å². The molecular weight excluding hydrogens is 1190 g/mol. The summed E-state index contributed by atoms with van der Waals surface area (Å²) in [5.74, 6) is 0. The zero-order chi connectivity index (χ0) is 72.0. The van der Waals surface area contributed by atoms with Crippen LogP contribution in [-0.4, -0.2) is 6.71 Å². The van der Waals surface area contributed by atoms with Crippen molar-refractivity contribution >= 4 is 57.2 Å². The lowest BCUT2D eigenvalue weighted by Gasteiger charge is -2.46. The Morgan fingerprint density at radius 2 is 0.535 bits per heavy atom. The largest absolute Gasteiger partial charge is 0.311 e. The molecule has 2 nitrogen and oxygen atoms in total. The average molecular weight is 1310 g/mol. The van der Waals surface area contributed by atoms with Crippen molar-refractivity contribution in [3.05, 3.63) is 244 Å². The highest BCUT2D eigenvalue weighted by atomic mass is 15.2. The summed E-state index contributed by atoms with van der Waals surface area (Å²) in [4.78, 5) is 5.49. The van der Waals surface area contributed by atoms with Gasteiger partial charge in [0.15, 0.2) is 0 Å². The first kappa shape index (κ1) is 70.7. The van der Waals surface area contributed by atoms with E-state index >= 15 is 0 Å². The summed E-state index contributed by atoms with van der Waals surface area (Å²) in [6.45, 7) is 64.0. The second-order valence-electron chi connectivity index (χ2n) is 38.6. The number of fused-ring (bicyclic) bond motifs is 4. The maximum atomic E-state index is 2.76. The van der Waals surface area contributed by atoms with Crippen molar-refractivity contribution in [2.24, 2.45) is 0 Å². The molecule has 0 bridgehead atoms. The molecule has 10 aromatic carbocycles. The topological polar surface area (TPSA) is 6.48 Å². The third-order valence-electron chi connectivity index (χ3n) is 21.4. The molecule has 99 heavy (non-hydrogen) atoms. The van der Waals surface area contributed by atoms with E-state index in [4.69, 9.17) is 0 Å². The van der Waals surface area contributed by atoms with Crippen molar-refractivity contribution < 1.29 is 0 Å². The number of hydrogen-bond donors (Lipinski definition) is 0. The minimum Gasteiger partial charge on any atom is -0.311 e. The van der Waals surface area contributed by atoms with Crippen LogP contribution in [0.3, 0.4) is 0 Å². The number of nitrogens with zero attached hydrogens (tertiary/aromatic N) is 2. The van der Waals surface area contributed by atoms with Crippen LogP contribution in [0.4, 0.5) is 34.1 Å². The maximum absolute atomic E-state index is 2.76. The minimum atomic E-state index is -0.240. The molecule has 2 aliphatic heterocycles. The summed E-state index contributed by atoms with van der Waals surface area (Å²) in [7, 11) is 0. The van der Waals surface area contributed by atoms with Crippen molar-refractivity contribution in [3.63, 3.8) is 0 Å². The lowest BCUT2D eigenvalue weighted by Crippen LogP contribution is -2.61. The van der Waals surface area contributed by atoms with E-state index in [9.17, 15) is 0 Å². The second-order valence-corrected chi connectivity index (χ2v) is 38.6. The fraction of sp³-hybridized carbons (Fsp3) is 0.375. The molecule has 12 rings (SSSR count). The van der Waals surface area contributed by atoms with Gasteiger partial charge in [0.25, 0.3) is 6.71 Å². The van der Waals surface area contributed by atoms with Crippen LogP contribution in [0.2, 0.25) is 0 Å². The summed E-state index contributed by atoms with van der Waals surface area (Å²) < 4.78 is 0. The van der Waals surface area contributed by atoms with Gasteiger partial charge in [-0.25, -0.2) is 0 Å². The van der Waals surface area contributed by atoms with E-state index in [1.807, 2.05) is 0 Å². The van der Waals surface area contributed by atoms with Gasteiger partial charge in [-0.05, 0) is 208 Å².